The Labute approximate surface area is 141 Å². The Kier molecular flexibility index (Phi) is 3.43. The van der Waals surface area contributed by atoms with Crippen LogP contribution < -0.4 is 16.1 Å². The molecule has 1 aromatic heterocycles. The van der Waals surface area contributed by atoms with Crippen LogP contribution in [0.3, 0.4) is 0 Å². The van der Waals surface area contributed by atoms with Crippen LogP contribution in [0.15, 0.2) is 69.5 Å². The highest BCUT2D eigenvalue weighted by atomic mass is 16.3. The number of hydrogen-bond donors (Lipinski definition) is 2. The average Bonchev–Trinajstić information content (AvgIpc) is 2.93. The van der Waals surface area contributed by atoms with E-state index in [0.29, 0.717) is 22.3 Å². The number of carbonyl (C=O) groups excluding carboxylic acids is 2. The molecule has 0 unspecified atom stereocenters. The lowest BCUT2D eigenvalue weighted by Crippen LogP contribution is -2.22. The van der Waals surface area contributed by atoms with Crippen LogP contribution in [0.4, 0.5) is 4.79 Å². The number of hydrogen-bond acceptors (Lipinski definition) is 4. The Bertz CT molecular complexity index is 1100. The topological polar surface area (TPSA) is 88.4 Å². The third-order valence-corrected chi connectivity index (χ3v) is 3.84. The molecule has 1 aliphatic rings. The van der Waals surface area contributed by atoms with Gasteiger partial charge in [0, 0.05) is 11.6 Å². The molecule has 2 heterocycles. The van der Waals surface area contributed by atoms with Crippen molar-refractivity contribution in [3.63, 3.8) is 0 Å². The quantitative estimate of drug-likeness (QED) is 0.558. The maximum absolute atomic E-state index is 12.4. The van der Waals surface area contributed by atoms with E-state index in [1.165, 1.54) is 12.1 Å². The summed E-state index contributed by atoms with van der Waals surface area (Å²) in [7, 11) is 0. The van der Waals surface area contributed by atoms with Gasteiger partial charge in [-0.25, -0.2) is 4.79 Å². The van der Waals surface area contributed by atoms with Crippen molar-refractivity contribution in [1.29, 1.82) is 0 Å². The van der Waals surface area contributed by atoms with Crippen molar-refractivity contribution in [3.05, 3.63) is 76.1 Å². The Morgan fingerprint density at radius 2 is 1.68 bits per heavy atom. The maximum atomic E-state index is 12.4. The number of nitrogens with one attached hydrogen (secondary N) is 2. The lowest BCUT2D eigenvalue weighted by atomic mass is 10.1. The van der Waals surface area contributed by atoms with Crippen LogP contribution in [-0.4, -0.2) is 11.9 Å². The lowest BCUT2D eigenvalue weighted by Gasteiger charge is -2.04. The smallest absolute Gasteiger partial charge is 0.326 e. The fourth-order valence-corrected chi connectivity index (χ4v) is 2.66. The molecule has 4 rings (SSSR count). The van der Waals surface area contributed by atoms with E-state index < -0.39 is 11.9 Å². The van der Waals surface area contributed by atoms with Crippen molar-refractivity contribution >= 4 is 29.0 Å². The SMILES string of the molecule is O=C1NC(=O)/C(=C/c2ccc3oc(-c4ccccc4)cc(=O)c3c2)N1. The van der Waals surface area contributed by atoms with Crippen molar-refractivity contribution in [3.8, 4) is 11.3 Å². The molecule has 0 bridgehead atoms. The lowest BCUT2D eigenvalue weighted by molar-refractivity contribution is -0.115. The number of benzene rings is 2. The molecule has 6 nitrogen and oxygen atoms in total. The Balaban J connectivity index is 1.79. The summed E-state index contributed by atoms with van der Waals surface area (Å²) in [6.07, 6.45) is 1.50. The van der Waals surface area contributed by atoms with Gasteiger partial charge in [-0.2, -0.15) is 0 Å². The zero-order valence-corrected chi connectivity index (χ0v) is 12.9. The minimum atomic E-state index is -0.566. The molecule has 0 spiro atoms. The van der Waals surface area contributed by atoms with Crippen LogP contribution in [0.2, 0.25) is 0 Å². The number of carbonyl (C=O) groups is 2. The molecule has 0 atom stereocenters. The highest BCUT2D eigenvalue weighted by Crippen LogP contribution is 2.23. The van der Waals surface area contributed by atoms with E-state index in [-0.39, 0.29) is 11.1 Å². The van der Waals surface area contributed by atoms with E-state index in [1.54, 1.807) is 18.2 Å². The zero-order valence-electron chi connectivity index (χ0n) is 12.9. The maximum Gasteiger partial charge on any atom is 0.326 e. The van der Waals surface area contributed by atoms with Crippen molar-refractivity contribution in [2.75, 3.05) is 0 Å². The van der Waals surface area contributed by atoms with E-state index in [0.717, 1.165) is 5.56 Å². The predicted molar refractivity (Wildman–Crippen MR) is 92.6 cm³/mol. The van der Waals surface area contributed by atoms with Crippen molar-refractivity contribution in [1.82, 2.24) is 10.6 Å². The van der Waals surface area contributed by atoms with Crippen LogP contribution >= 0.6 is 0 Å². The highest BCUT2D eigenvalue weighted by molar-refractivity contribution is 6.14. The number of fused-ring (bicyclic) bond motifs is 1. The van der Waals surface area contributed by atoms with Gasteiger partial charge < -0.3 is 9.73 Å². The van der Waals surface area contributed by atoms with Gasteiger partial charge in [-0.1, -0.05) is 36.4 Å². The number of urea groups is 1. The predicted octanol–water partition coefficient (Wildman–Crippen LogP) is 2.64. The molecular formula is C19H12N2O4. The fraction of sp³-hybridized carbons (Fsp3) is 0. The summed E-state index contributed by atoms with van der Waals surface area (Å²) in [5, 5.41) is 4.93. The van der Waals surface area contributed by atoms with Crippen molar-refractivity contribution in [2.45, 2.75) is 0 Å². The van der Waals surface area contributed by atoms with Gasteiger partial charge in [0.05, 0.1) is 5.39 Å². The molecule has 0 radical (unpaired) electrons. The van der Waals surface area contributed by atoms with Crippen LogP contribution in [-0.2, 0) is 4.79 Å². The molecule has 25 heavy (non-hydrogen) atoms. The molecule has 1 fully saturated rings. The molecule has 6 heteroatoms. The molecular weight excluding hydrogens is 320 g/mol. The third kappa shape index (κ3) is 2.81. The molecule has 1 saturated heterocycles. The van der Waals surface area contributed by atoms with E-state index in [1.807, 2.05) is 30.3 Å². The van der Waals surface area contributed by atoms with E-state index in [4.69, 9.17) is 4.42 Å². The minimum absolute atomic E-state index is 0.134. The fourth-order valence-electron chi connectivity index (χ4n) is 2.66. The number of amides is 3. The molecule has 2 aromatic carbocycles. The summed E-state index contributed by atoms with van der Waals surface area (Å²) >= 11 is 0. The Morgan fingerprint density at radius 3 is 2.40 bits per heavy atom. The first-order valence-electron chi connectivity index (χ1n) is 7.57. The first-order chi connectivity index (χ1) is 12.1. The summed E-state index contributed by atoms with van der Waals surface area (Å²) in [5.74, 6) is -0.0109. The molecule has 0 aliphatic carbocycles. The molecule has 3 aromatic rings. The molecule has 0 saturated carbocycles. The van der Waals surface area contributed by atoms with E-state index >= 15 is 0 Å². The van der Waals surface area contributed by atoms with Gasteiger partial charge in [0.15, 0.2) is 5.43 Å². The highest BCUT2D eigenvalue weighted by Gasteiger charge is 2.22. The summed E-state index contributed by atoms with van der Waals surface area (Å²) < 4.78 is 5.82. The largest absolute Gasteiger partial charge is 0.456 e. The second-order valence-corrected chi connectivity index (χ2v) is 5.56. The van der Waals surface area contributed by atoms with E-state index in [9.17, 15) is 14.4 Å². The summed E-state index contributed by atoms with van der Waals surface area (Å²) in [6, 6.07) is 15.2. The van der Waals surface area contributed by atoms with Gasteiger partial charge in [0.25, 0.3) is 5.91 Å². The van der Waals surface area contributed by atoms with Gasteiger partial charge in [0.2, 0.25) is 0 Å². The van der Waals surface area contributed by atoms with Gasteiger partial charge in [-0.3, -0.25) is 14.9 Å². The van der Waals surface area contributed by atoms with Gasteiger partial charge in [0.1, 0.15) is 17.0 Å². The monoisotopic (exact) mass is 332 g/mol. The van der Waals surface area contributed by atoms with E-state index in [2.05, 4.69) is 10.6 Å². The molecule has 122 valence electrons. The van der Waals surface area contributed by atoms with Crippen molar-refractivity contribution < 1.29 is 14.0 Å². The summed E-state index contributed by atoms with van der Waals surface area (Å²) in [4.78, 5) is 35.2. The molecule has 3 amide bonds. The summed E-state index contributed by atoms with van der Waals surface area (Å²) in [5.41, 5.74) is 1.83. The number of rotatable bonds is 2. The van der Waals surface area contributed by atoms with Crippen LogP contribution in [0.1, 0.15) is 5.56 Å². The van der Waals surface area contributed by atoms with Crippen LogP contribution in [0.25, 0.3) is 28.4 Å². The van der Waals surface area contributed by atoms with Crippen LogP contribution in [0.5, 0.6) is 0 Å². The van der Waals surface area contributed by atoms with Crippen LogP contribution in [0, 0.1) is 0 Å². The number of imide groups is 1. The van der Waals surface area contributed by atoms with Gasteiger partial charge >= 0.3 is 6.03 Å². The minimum Gasteiger partial charge on any atom is -0.456 e. The third-order valence-electron chi connectivity index (χ3n) is 3.84. The second kappa shape index (κ2) is 5.76. The second-order valence-electron chi connectivity index (χ2n) is 5.56. The van der Waals surface area contributed by atoms with Crippen molar-refractivity contribution in [2.24, 2.45) is 0 Å². The molecule has 2 N–H and O–H groups in total. The normalized spacial score (nSPS) is 15.4. The van der Waals surface area contributed by atoms with Gasteiger partial charge in [-0.15, -0.1) is 0 Å². The zero-order chi connectivity index (χ0) is 17.4. The standard InChI is InChI=1S/C19H12N2O4/c22-15-10-17(12-4-2-1-3-5-12)25-16-7-6-11(8-13(15)16)9-14-18(23)21-19(24)20-14/h1-10H,(H2,20,21,23,24)/b14-9-. The molecule has 1 aliphatic heterocycles. The van der Waals surface area contributed by atoms with Gasteiger partial charge in [-0.05, 0) is 23.8 Å². The first-order valence-corrected chi connectivity index (χ1v) is 7.57. The first kappa shape index (κ1) is 14.9. The Hall–Kier alpha value is -3.67. The Morgan fingerprint density at radius 1 is 0.880 bits per heavy atom. The average molecular weight is 332 g/mol. The summed E-state index contributed by atoms with van der Waals surface area (Å²) in [6.45, 7) is 0.